The highest BCUT2D eigenvalue weighted by Gasteiger charge is 2.20. The smallest absolute Gasteiger partial charge is 0.358 e. The van der Waals surface area contributed by atoms with Crippen molar-refractivity contribution in [3.05, 3.63) is 52.9 Å². The van der Waals surface area contributed by atoms with E-state index in [4.69, 9.17) is 4.74 Å². The van der Waals surface area contributed by atoms with Gasteiger partial charge in [0.25, 0.3) is 0 Å². The molecule has 0 bridgehead atoms. The van der Waals surface area contributed by atoms with E-state index in [1.165, 1.54) is 4.68 Å². The molecule has 0 saturated carbocycles. The highest BCUT2D eigenvalue weighted by Crippen LogP contribution is 2.24. The van der Waals surface area contributed by atoms with Crippen LogP contribution in [0.2, 0.25) is 0 Å². The molecule has 0 aliphatic carbocycles. The van der Waals surface area contributed by atoms with Crippen LogP contribution in [-0.2, 0) is 13.2 Å². The minimum Gasteiger partial charge on any atom is -0.487 e. The van der Waals surface area contributed by atoms with Crippen molar-refractivity contribution >= 4 is 5.97 Å². The number of allylic oxidation sites excluding steroid dienone is 1. The zero-order valence-electron chi connectivity index (χ0n) is 13.0. The Labute approximate surface area is 129 Å². The Kier molecular flexibility index (Phi) is 4.60. The number of carboxylic acids is 1. The number of rotatable bonds is 6. The van der Waals surface area contributed by atoms with E-state index in [0.29, 0.717) is 12.2 Å². The maximum absolute atomic E-state index is 11.3. The van der Waals surface area contributed by atoms with Crippen LogP contribution in [0, 0.1) is 13.8 Å². The van der Waals surface area contributed by atoms with Crippen molar-refractivity contribution in [1.82, 2.24) is 15.0 Å². The van der Waals surface area contributed by atoms with Crippen LogP contribution >= 0.6 is 0 Å². The van der Waals surface area contributed by atoms with Gasteiger partial charge in [0.05, 0.1) is 6.54 Å². The topological polar surface area (TPSA) is 77.2 Å². The molecule has 1 N–H and O–H groups in total. The average molecular weight is 301 g/mol. The monoisotopic (exact) mass is 301 g/mol. The number of carbonyl (C=O) groups is 1. The van der Waals surface area contributed by atoms with E-state index in [1.807, 2.05) is 39.0 Å². The molecule has 116 valence electrons. The van der Waals surface area contributed by atoms with E-state index in [-0.39, 0.29) is 12.3 Å². The zero-order valence-corrected chi connectivity index (χ0v) is 13.0. The number of nitrogens with zero attached hydrogens (tertiary/aromatic N) is 3. The molecule has 1 aromatic carbocycles. The van der Waals surface area contributed by atoms with Gasteiger partial charge in [-0.25, -0.2) is 9.48 Å². The molecule has 6 heteroatoms. The van der Waals surface area contributed by atoms with Gasteiger partial charge in [-0.05, 0) is 31.9 Å². The summed E-state index contributed by atoms with van der Waals surface area (Å²) in [5.74, 6) is -0.366. The zero-order chi connectivity index (χ0) is 16.3. The molecule has 1 heterocycles. The Morgan fingerprint density at radius 2 is 2.00 bits per heavy atom. The Hall–Kier alpha value is -2.63. The van der Waals surface area contributed by atoms with Gasteiger partial charge in [-0.15, -0.1) is 5.10 Å². The molecule has 0 fully saturated rings. The first kappa shape index (κ1) is 15.8. The van der Waals surface area contributed by atoms with Crippen molar-refractivity contribution in [3.8, 4) is 5.75 Å². The number of aryl methyl sites for hydroxylation is 2. The standard InChI is InChI=1S/C16H19N3O3/c1-10(2)8-19-13(14(16(20)21)17-18-19)9-22-15-11(3)6-5-7-12(15)4/h5-7H,1,8-9H2,2-4H3,(H,20,21). The Balaban J connectivity index is 2.30. The fourth-order valence-electron chi connectivity index (χ4n) is 2.19. The predicted molar refractivity (Wildman–Crippen MR) is 82.0 cm³/mol. The van der Waals surface area contributed by atoms with Crippen LogP contribution in [0.3, 0.4) is 0 Å². The van der Waals surface area contributed by atoms with E-state index in [2.05, 4.69) is 16.9 Å². The second-order valence-electron chi connectivity index (χ2n) is 5.31. The molecule has 0 atom stereocenters. The first-order valence-electron chi connectivity index (χ1n) is 6.89. The van der Waals surface area contributed by atoms with Crippen molar-refractivity contribution < 1.29 is 14.6 Å². The van der Waals surface area contributed by atoms with Crippen LogP contribution in [0.4, 0.5) is 0 Å². The lowest BCUT2D eigenvalue weighted by Crippen LogP contribution is -2.12. The molecule has 0 aliphatic heterocycles. The van der Waals surface area contributed by atoms with Gasteiger partial charge in [-0.2, -0.15) is 0 Å². The first-order chi connectivity index (χ1) is 10.4. The lowest BCUT2D eigenvalue weighted by Gasteiger charge is -2.13. The van der Waals surface area contributed by atoms with Gasteiger partial charge in [-0.3, -0.25) is 0 Å². The van der Waals surface area contributed by atoms with Crippen molar-refractivity contribution in [2.24, 2.45) is 0 Å². The quantitative estimate of drug-likeness (QED) is 0.830. The third-order valence-electron chi connectivity index (χ3n) is 3.22. The Morgan fingerprint density at radius 3 is 2.55 bits per heavy atom. The van der Waals surface area contributed by atoms with Crippen LogP contribution < -0.4 is 4.74 Å². The van der Waals surface area contributed by atoms with Crippen LogP contribution in [0.15, 0.2) is 30.4 Å². The van der Waals surface area contributed by atoms with Crippen LogP contribution in [0.5, 0.6) is 5.75 Å². The molecule has 2 rings (SSSR count). The van der Waals surface area contributed by atoms with Gasteiger partial charge in [0.15, 0.2) is 5.69 Å². The lowest BCUT2D eigenvalue weighted by molar-refractivity contribution is 0.0687. The number of aromatic carboxylic acids is 1. The summed E-state index contributed by atoms with van der Waals surface area (Å²) in [5.41, 5.74) is 3.19. The third kappa shape index (κ3) is 3.33. The number of aromatic nitrogens is 3. The summed E-state index contributed by atoms with van der Waals surface area (Å²) in [5, 5.41) is 16.8. The summed E-state index contributed by atoms with van der Waals surface area (Å²) in [6, 6.07) is 5.85. The van der Waals surface area contributed by atoms with Gasteiger partial charge in [-0.1, -0.05) is 35.6 Å². The number of ether oxygens (including phenoxy) is 1. The van der Waals surface area contributed by atoms with Gasteiger partial charge < -0.3 is 9.84 Å². The van der Waals surface area contributed by atoms with E-state index in [0.717, 1.165) is 22.4 Å². The van der Waals surface area contributed by atoms with E-state index < -0.39 is 5.97 Å². The lowest BCUT2D eigenvalue weighted by atomic mass is 10.1. The largest absolute Gasteiger partial charge is 0.487 e. The summed E-state index contributed by atoms with van der Waals surface area (Å²) in [6.45, 7) is 10.1. The summed E-state index contributed by atoms with van der Waals surface area (Å²) >= 11 is 0. The number of carboxylic acid groups (broad SMARTS) is 1. The summed E-state index contributed by atoms with van der Waals surface area (Å²) in [4.78, 5) is 11.3. The summed E-state index contributed by atoms with van der Waals surface area (Å²) in [6.07, 6.45) is 0. The molecule has 0 spiro atoms. The second-order valence-corrected chi connectivity index (χ2v) is 5.31. The number of para-hydroxylation sites is 1. The van der Waals surface area contributed by atoms with Gasteiger partial charge >= 0.3 is 5.97 Å². The first-order valence-corrected chi connectivity index (χ1v) is 6.89. The van der Waals surface area contributed by atoms with E-state index in [9.17, 15) is 9.90 Å². The number of benzene rings is 1. The minimum absolute atomic E-state index is 0.0903. The van der Waals surface area contributed by atoms with Crippen molar-refractivity contribution in [2.45, 2.75) is 33.9 Å². The predicted octanol–water partition coefficient (Wildman–Crippen LogP) is 2.75. The van der Waals surface area contributed by atoms with Crippen molar-refractivity contribution in [3.63, 3.8) is 0 Å². The SMILES string of the molecule is C=C(C)Cn1nnc(C(=O)O)c1COc1c(C)cccc1C. The molecule has 6 nitrogen and oxygen atoms in total. The van der Waals surface area contributed by atoms with Gasteiger partial charge in [0.1, 0.15) is 18.1 Å². The summed E-state index contributed by atoms with van der Waals surface area (Å²) < 4.78 is 7.34. The highest BCUT2D eigenvalue weighted by atomic mass is 16.5. The fraction of sp³-hybridized carbons (Fsp3) is 0.312. The molecule has 0 amide bonds. The molecular weight excluding hydrogens is 282 g/mol. The third-order valence-corrected chi connectivity index (χ3v) is 3.22. The molecule has 2 aromatic rings. The maximum atomic E-state index is 11.3. The minimum atomic E-state index is -1.12. The van der Waals surface area contributed by atoms with E-state index >= 15 is 0 Å². The normalized spacial score (nSPS) is 10.5. The molecular formula is C16H19N3O3. The van der Waals surface area contributed by atoms with Gasteiger partial charge in [0.2, 0.25) is 0 Å². The number of hydrogen-bond acceptors (Lipinski definition) is 4. The molecule has 0 aliphatic rings. The van der Waals surface area contributed by atoms with E-state index in [1.54, 1.807) is 0 Å². The molecule has 0 saturated heterocycles. The summed E-state index contributed by atoms with van der Waals surface area (Å²) in [7, 11) is 0. The molecule has 22 heavy (non-hydrogen) atoms. The van der Waals surface area contributed by atoms with Crippen LogP contribution in [0.25, 0.3) is 0 Å². The fourth-order valence-corrected chi connectivity index (χ4v) is 2.19. The average Bonchev–Trinajstić information content (AvgIpc) is 2.80. The second kappa shape index (κ2) is 6.43. The van der Waals surface area contributed by atoms with Crippen molar-refractivity contribution in [2.75, 3.05) is 0 Å². The highest BCUT2D eigenvalue weighted by molar-refractivity contribution is 5.86. The van der Waals surface area contributed by atoms with Gasteiger partial charge in [0, 0.05) is 0 Å². The van der Waals surface area contributed by atoms with Crippen LogP contribution in [0.1, 0.15) is 34.2 Å². The number of hydrogen-bond donors (Lipinski definition) is 1. The Morgan fingerprint density at radius 1 is 1.36 bits per heavy atom. The Bertz CT molecular complexity index is 699. The van der Waals surface area contributed by atoms with Crippen LogP contribution in [-0.4, -0.2) is 26.1 Å². The molecule has 0 radical (unpaired) electrons. The molecule has 0 unspecified atom stereocenters. The molecule has 1 aromatic heterocycles. The van der Waals surface area contributed by atoms with Crippen molar-refractivity contribution in [1.29, 1.82) is 0 Å². The maximum Gasteiger partial charge on any atom is 0.358 e.